The zero-order valence-electron chi connectivity index (χ0n) is 11.6. The van der Waals surface area contributed by atoms with Gasteiger partial charge in [0.25, 0.3) is 0 Å². The lowest BCUT2D eigenvalue weighted by Gasteiger charge is -2.17. The van der Waals surface area contributed by atoms with Crippen molar-refractivity contribution in [2.24, 2.45) is 0 Å². The van der Waals surface area contributed by atoms with Gasteiger partial charge >= 0.3 is 0 Å². The van der Waals surface area contributed by atoms with Gasteiger partial charge in [-0.2, -0.15) is 0 Å². The maximum Gasteiger partial charge on any atom is 0.122 e. The van der Waals surface area contributed by atoms with Crippen LogP contribution in [-0.4, -0.2) is 19.4 Å². The highest BCUT2D eigenvalue weighted by atomic mass is 32.2. The minimum absolute atomic E-state index is 0.367. The van der Waals surface area contributed by atoms with Crippen LogP contribution >= 0.6 is 11.8 Å². The molecule has 0 saturated carbocycles. The molecule has 0 bridgehead atoms. The molecule has 3 heteroatoms. The van der Waals surface area contributed by atoms with Gasteiger partial charge in [-0.3, -0.25) is 0 Å². The van der Waals surface area contributed by atoms with Crippen LogP contribution in [0.25, 0.3) is 0 Å². The fourth-order valence-electron chi connectivity index (χ4n) is 2.47. The van der Waals surface area contributed by atoms with Crippen LogP contribution in [0.2, 0.25) is 0 Å². The van der Waals surface area contributed by atoms with Gasteiger partial charge in [-0.1, -0.05) is 30.3 Å². The molecule has 1 N–H and O–H groups in total. The van der Waals surface area contributed by atoms with Crippen LogP contribution in [0.1, 0.15) is 17.2 Å². The number of fused-ring (bicyclic) bond motifs is 1. The van der Waals surface area contributed by atoms with E-state index in [-0.39, 0.29) is 0 Å². The Kier molecular flexibility index (Phi) is 4.28. The first-order valence-electron chi connectivity index (χ1n) is 6.97. The van der Waals surface area contributed by atoms with Crippen molar-refractivity contribution in [2.45, 2.75) is 17.4 Å². The third-order valence-corrected chi connectivity index (χ3v) is 4.73. The zero-order valence-corrected chi connectivity index (χ0v) is 12.5. The molecule has 104 valence electrons. The number of ether oxygens (including phenoxy) is 1. The highest BCUT2D eigenvalue weighted by Gasteiger charge is 2.16. The van der Waals surface area contributed by atoms with E-state index < -0.39 is 0 Å². The number of rotatable bonds is 5. The molecule has 1 aliphatic rings. The predicted octanol–water partition coefficient (Wildman–Crippen LogP) is 3.67. The van der Waals surface area contributed by atoms with Crippen LogP contribution in [0.15, 0.2) is 53.4 Å². The summed E-state index contributed by atoms with van der Waals surface area (Å²) in [5.74, 6) is 2.08. The Morgan fingerprint density at radius 2 is 2.05 bits per heavy atom. The largest absolute Gasteiger partial charge is 0.493 e. The second-order valence-corrected chi connectivity index (χ2v) is 6.02. The zero-order chi connectivity index (χ0) is 13.8. The molecule has 0 fully saturated rings. The Bertz CT molecular complexity index is 570. The van der Waals surface area contributed by atoms with E-state index in [1.54, 1.807) is 0 Å². The molecule has 0 radical (unpaired) electrons. The van der Waals surface area contributed by atoms with Gasteiger partial charge < -0.3 is 10.1 Å². The maximum absolute atomic E-state index is 5.57. The lowest BCUT2D eigenvalue weighted by atomic mass is 10.0. The molecule has 0 amide bonds. The molecule has 1 atom stereocenters. The normalized spacial score (nSPS) is 14.7. The van der Waals surface area contributed by atoms with Crippen molar-refractivity contribution in [3.8, 4) is 5.75 Å². The number of thioether (sulfide) groups is 1. The Hall–Kier alpha value is -1.45. The molecular weight excluding hydrogens is 266 g/mol. The quantitative estimate of drug-likeness (QED) is 0.847. The fraction of sp³-hybridized carbons (Fsp3) is 0.294. The van der Waals surface area contributed by atoms with E-state index in [0.29, 0.717) is 6.04 Å². The lowest BCUT2D eigenvalue weighted by Crippen LogP contribution is -2.18. The van der Waals surface area contributed by atoms with Crippen LogP contribution in [0.4, 0.5) is 0 Å². The van der Waals surface area contributed by atoms with Gasteiger partial charge in [-0.15, -0.1) is 11.8 Å². The summed E-state index contributed by atoms with van der Waals surface area (Å²) in [7, 11) is 2.03. The van der Waals surface area contributed by atoms with Gasteiger partial charge in [0.2, 0.25) is 0 Å². The number of hydrogen-bond donors (Lipinski definition) is 1. The molecule has 20 heavy (non-hydrogen) atoms. The highest BCUT2D eigenvalue weighted by molar-refractivity contribution is 7.99. The minimum Gasteiger partial charge on any atom is -0.493 e. The van der Waals surface area contributed by atoms with Gasteiger partial charge in [0, 0.05) is 23.1 Å². The van der Waals surface area contributed by atoms with Crippen molar-refractivity contribution in [1.82, 2.24) is 5.32 Å². The molecule has 2 nitrogen and oxygen atoms in total. The molecule has 2 aromatic carbocycles. The summed E-state index contributed by atoms with van der Waals surface area (Å²) in [4.78, 5) is 1.32. The van der Waals surface area contributed by atoms with Gasteiger partial charge in [-0.25, -0.2) is 0 Å². The Balaban J connectivity index is 1.70. The predicted molar refractivity (Wildman–Crippen MR) is 84.6 cm³/mol. The van der Waals surface area contributed by atoms with E-state index >= 15 is 0 Å². The second kappa shape index (κ2) is 6.33. The van der Waals surface area contributed by atoms with Crippen molar-refractivity contribution < 1.29 is 4.74 Å². The minimum atomic E-state index is 0.367. The van der Waals surface area contributed by atoms with Crippen LogP contribution in [0.5, 0.6) is 5.75 Å². The van der Waals surface area contributed by atoms with E-state index in [0.717, 1.165) is 24.5 Å². The third-order valence-electron chi connectivity index (χ3n) is 3.62. The molecule has 0 spiro atoms. The Morgan fingerprint density at radius 3 is 2.85 bits per heavy atom. The van der Waals surface area contributed by atoms with E-state index in [9.17, 15) is 0 Å². The molecular formula is C17H19NOS. The standard InChI is InChI=1S/C17H19NOS/c1-18-16(12-20-15-5-3-2-4-6-15)13-7-8-17-14(11-13)9-10-19-17/h2-8,11,16,18H,9-10,12H2,1H3. The first-order valence-corrected chi connectivity index (χ1v) is 7.96. The van der Waals surface area contributed by atoms with E-state index in [1.165, 1.54) is 16.0 Å². The SMILES string of the molecule is CNC(CSc1ccccc1)c1ccc2c(c1)CCO2. The fourth-order valence-corrected chi connectivity index (χ4v) is 3.53. The summed E-state index contributed by atoms with van der Waals surface area (Å²) >= 11 is 1.89. The van der Waals surface area contributed by atoms with Gasteiger partial charge in [-0.05, 0) is 36.4 Å². The first-order chi connectivity index (χ1) is 9.86. The van der Waals surface area contributed by atoms with E-state index in [4.69, 9.17) is 4.74 Å². The van der Waals surface area contributed by atoms with Crippen molar-refractivity contribution in [1.29, 1.82) is 0 Å². The maximum atomic E-state index is 5.57. The summed E-state index contributed by atoms with van der Waals surface area (Å²) in [5.41, 5.74) is 2.69. The average Bonchev–Trinajstić information content (AvgIpc) is 2.96. The van der Waals surface area contributed by atoms with Crippen LogP contribution in [0.3, 0.4) is 0 Å². The Morgan fingerprint density at radius 1 is 1.20 bits per heavy atom. The van der Waals surface area contributed by atoms with Crippen LogP contribution in [-0.2, 0) is 6.42 Å². The van der Waals surface area contributed by atoms with Crippen molar-refractivity contribution in [2.75, 3.05) is 19.4 Å². The molecule has 0 saturated heterocycles. The van der Waals surface area contributed by atoms with Crippen LogP contribution in [0, 0.1) is 0 Å². The summed E-state index contributed by atoms with van der Waals surface area (Å²) in [5, 5.41) is 3.42. The van der Waals surface area contributed by atoms with E-state index in [1.807, 2.05) is 18.8 Å². The monoisotopic (exact) mass is 285 g/mol. The smallest absolute Gasteiger partial charge is 0.122 e. The van der Waals surface area contributed by atoms with Gasteiger partial charge in [0.05, 0.1) is 6.61 Å². The highest BCUT2D eigenvalue weighted by Crippen LogP contribution is 2.30. The van der Waals surface area contributed by atoms with Gasteiger partial charge in [0.15, 0.2) is 0 Å². The van der Waals surface area contributed by atoms with Crippen molar-refractivity contribution >= 4 is 11.8 Å². The second-order valence-electron chi connectivity index (χ2n) is 4.93. The Labute approximate surface area is 124 Å². The number of benzene rings is 2. The topological polar surface area (TPSA) is 21.3 Å². The van der Waals surface area contributed by atoms with Gasteiger partial charge in [0.1, 0.15) is 5.75 Å². The summed E-state index contributed by atoms with van der Waals surface area (Å²) in [6.45, 7) is 0.821. The average molecular weight is 285 g/mol. The van der Waals surface area contributed by atoms with Crippen molar-refractivity contribution in [3.63, 3.8) is 0 Å². The molecule has 3 rings (SSSR count). The van der Waals surface area contributed by atoms with Crippen LogP contribution < -0.4 is 10.1 Å². The molecule has 1 unspecified atom stereocenters. The molecule has 0 aliphatic carbocycles. The van der Waals surface area contributed by atoms with Crippen molar-refractivity contribution in [3.05, 3.63) is 59.7 Å². The molecule has 2 aromatic rings. The summed E-state index contributed by atoms with van der Waals surface area (Å²) in [6, 6.07) is 17.5. The lowest BCUT2D eigenvalue weighted by molar-refractivity contribution is 0.357. The first kappa shape index (κ1) is 13.5. The molecule has 0 aromatic heterocycles. The number of hydrogen-bond acceptors (Lipinski definition) is 3. The molecule has 1 aliphatic heterocycles. The van der Waals surface area contributed by atoms with E-state index in [2.05, 4.69) is 53.8 Å². The summed E-state index contributed by atoms with van der Waals surface area (Å²) < 4.78 is 5.57. The molecule has 1 heterocycles. The summed E-state index contributed by atoms with van der Waals surface area (Å²) in [6.07, 6.45) is 1.03. The number of nitrogens with one attached hydrogen (secondary N) is 1. The third kappa shape index (κ3) is 3.00.